The largest absolute Gasteiger partial charge is 0.670 e. The Morgan fingerprint density at radius 2 is 1.81 bits per heavy atom. The standard InChI is InChI=1S/C56H62N3O8S2/c1-5-35-10-11-36-8-6-7-9-40(36)50(35)43-14-13-41(42-15-17-45(61)53(66-4)52(42)43)44(24-33-19-21-58-29-33)47(63)26-49(64)56(38-22-34(28-57-3)23-39(60)25-38)20-18-48-51-37(27-56)12-16-46(62)54(51)67-32-59-30-55(2,65)31-68-69-48/h6-17,19,21-23,25,29,41,43-44,47-48,57,59-63,65H,5,18,20,24,26-28,30-32H2,1-4H3/q-1. The lowest BCUT2D eigenvalue weighted by Gasteiger charge is -2.38. The molecule has 0 spiro atoms. The summed E-state index contributed by atoms with van der Waals surface area (Å²) in [7, 11) is 6.56. The molecule has 6 aromatic rings. The molecule has 0 amide bonds. The summed E-state index contributed by atoms with van der Waals surface area (Å²) in [5.41, 5.74) is 5.83. The minimum absolute atomic E-state index is 0.00992. The van der Waals surface area contributed by atoms with Crippen molar-refractivity contribution in [3.05, 3.63) is 160 Å². The number of carbonyl (C=O) groups is 1. The summed E-state index contributed by atoms with van der Waals surface area (Å²) in [6.45, 7) is 4.76. The molecule has 362 valence electrons. The summed E-state index contributed by atoms with van der Waals surface area (Å²) in [5, 5.41) is 66.6. The van der Waals surface area contributed by atoms with Crippen molar-refractivity contribution in [2.24, 2.45) is 5.92 Å². The zero-order valence-corrected chi connectivity index (χ0v) is 41.2. The molecular formula is C56H62N3O8S2-. The molecule has 7 unspecified atom stereocenters. The number of nitrogens with one attached hydrogen (secondary N) is 2. The Kier molecular flexibility index (Phi) is 14.4. The third-order valence-corrected chi connectivity index (χ3v) is 17.6. The third-order valence-electron chi connectivity index (χ3n) is 14.5. The number of ether oxygens (including phenoxy) is 2. The van der Waals surface area contributed by atoms with Gasteiger partial charge in [-0.1, -0.05) is 107 Å². The first-order valence-electron chi connectivity index (χ1n) is 23.9. The lowest BCUT2D eigenvalue weighted by Crippen LogP contribution is -2.42. The number of phenolic OH excluding ortho intramolecular Hbond substituents is 3. The second kappa shape index (κ2) is 20.5. The van der Waals surface area contributed by atoms with Gasteiger partial charge in [-0.25, -0.2) is 0 Å². The van der Waals surface area contributed by atoms with E-state index in [2.05, 4.69) is 59.0 Å². The smallest absolute Gasteiger partial charge is 0.167 e. The highest BCUT2D eigenvalue weighted by atomic mass is 33.1. The molecule has 9 rings (SSSR count). The number of benzene rings is 5. The van der Waals surface area contributed by atoms with E-state index in [1.165, 1.54) is 5.56 Å². The number of carbonyl (C=O) groups excluding carboxylic acids is 1. The van der Waals surface area contributed by atoms with Crippen LogP contribution in [0.3, 0.4) is 0 Å². The number of hydrogen-bond donors (Lipinski definition) is 7. The number of aliphatic hydroxyl groups excluding tert-OH is 1. The number of allylic oxidation sites excluding steroid dienone is 2. The van der Waals surface area contributed by atoms with Crippen molar-refractivity contribution in [1.82, 2.24) is 15.6 Å². The summed E-state index contributed by atoms with van der Waals surface area (Å²) in [6, 6.07) is 27.1. The molecule has 69 heavy (non-hydrogen) atoms. The van der Waals surface area contributed by atoms with Gasteiger partial charge >= 0.3 is 0 Å². The third kappa shape index (κ3) is 9.74. The van der Waals surface area contributed by atoms with Gasteiger partial charge in [-0.05, 0) is 120 Å². The van der Waals surface area contributed by atoms with Crippen LogP contribution in [-0.4, -0.2) is 76.2 Å². The van der Waals surface area contributed by atoms with Crippen LogP contribution in [-0.2, 0) is 36.0 Å². The normalized spacial score (nSPS) is 23.4. The van der Waals surface area contributed by atoms with E-state index in [-0.39, 0.29) is 53.8 Å². The van der Waals surface area contributed by atoms with E-state index in [4.69, 9.17) is 9.47 Å². The van der Waals surface area contributed by atoms with Crippen LogP contribution in [0.15, 0.2) is 109 Å². The maximum Gasteiger partial charge on any atom is 0.167 e. The van der Waals surface area contributed by atoms with Gasteiger partial charge in [-0.3, -0.25) is 10.1 Å². The van der Waals surface area contributed by atoms with Crippen molar-refractivity contribution in [3.63, 3.8) is 0 Å². The summed E-state index contributed by atoms with van der Waals surface area (Å²) in [6.07, 6.45) is 8.84. The van der Waals surface area contributed by atoms with E-state index in [0.717, 1.165) is 56.1 Å². The SMILES string of the molecule is CCc1ccc2ccccc2c1C1C=CC(C(Cc2cc[n-]c2)C(O)CC(=O)C2(c3cc(O)cc(CNC)c3)CCC3SSCC(C)(O)CNCOc4c(O)ccc(c43)C2)c2ccc(O)c(OC)c21. The predicted molar refractivity (Wildman–Crippen MR) is 275 cm³/mol. The number of aliphatic hydroxyl groups is 2. The van der Waals surface area contributed by atoms with E-state index in [0.29, 0.717) is 55.2 Å². The average Bonchev–Trinajstić information content (AvgIpc) is 3.79. The predicted octanol–water partition coefficient (Wildman–Crippen LogP) is 9.26. The van der Waals surface area contributed by atoms with E-state index >= 15 is 4.79 Å². The number of phenols is 3. The maximum absolute atomic E-state index is 15.9. The van der Waals surface area contributed by atoms with Crippen LogP contribution >= 0.6 is 21.6 Å². The van der Waals surface area contributed by atoms with Crippen LogP contribution in [0.5, 0.6) is 28.7 Å². The number of fused-ring (bicyclic) bond motifs is 2. The highest BCUT2D eigenvalue weighted by molar-refractivity contribution is 8.76. The molecular weight excluding hydrogens is 907 g/mol. The minimum atomic E-state index is -1.22. The lowest BCUT2D eigenvalue weighted by atomic mass is 9.66. The van der Waals surface area contributed by atoms with Crippen LogP contribution in [0.1, 0.15) is 100 Å². The molecule has 3 aliphatic rings. The van der Waals surface area contributed by atoms with Gasteiger partial charge in [0.1, 0.15) is 18.3 Å². The van der Waals surface area contributed by atoms with Crippen molar-refractivity contribution in [2.75, 3.05) is 33.2 Å². The number of rotatable bonds is 13. The summed E-state index contributed by atoms with van der Waals surface area (Å²) < 4.78 is 12.3. The van der Waals surface area contributed by atoms with E-state index in [9.17, 15) is 25.5 Å². The first kappa shape index (κ1) is 48.6. The molecule has 7 N–H and O–H groups in total. The van der Waals surface area contributed by atoms with Crippen molar-refractivity contribution >= 4 is 38.1 Å². The first-order valence-corrected chi connectivity index (χ1v) is 26.2. The maximum atomic E-state index is 15.9. The number of methoxy groups -OCH3 is 1. The number of hydrogen-bond acceptors (Lipinski definition) is 12. The molecule has 0 saturated heterocycles. The van der Waals surface area contributed by atoms with Crippen molar-refractivity contribution in [3.8, 4) is 28.7 Å². The molecule has 0 bridgehead atoms. The monoisotopic (exact) mass is 968 g/mol. The Bertz CT molecular complexity index is 2850. The Hall–Kier alpha value is -5.41. The second-order valence-corrected chi connectivity index (χ2v) is 21.8. The van der Waals surface area contributed by atoms with Crippen LogP contribution in [0, 0.1) is 5.92 Å². The van der Waals surface area contributed by atoms with Gasteiger partial charge in [0.25, 0.3) is 0 Å². The zero-order chi connectivity index (χ0) is 48.5. The summed E-state index contributed by atoms with van der Waals surface area (Å²) >= 11 is 0. The number of nitrogens with zero attached hydrogens (tertiary/aromatic N) is 1. The fourth-order valence-corrected chi connectivity index (χ4v) is 14.4. The number of aromatic hydroxyl groups is 3. The Morgan fingerprint density at radius 1 is 0.986 bits per heavy atom. The van der Waals surface area contributed by atoms with Crippen LogP contribution in [0.4, 0.5) is 0 Å². The highest BCUT2D eigenvalue weighted by Gasteiger charge is 2.47. The minimum Gasteiger partial charge on any atom is -0.670 e. The summed E-state index contributed by atoms with van der Waals surface area (Å²) in [5.74, 6) is -0.162. The summed E-state index contributed by atoms with van der Waals surface area (Å²) in [4.78, 5) is 20.3. The van der Waals surface area contributed by atoms with E-state index in [1.54, 1.807) is 72.3 Å². The van der Waals surface area contributed by atoms with Crippen molar-refractivity contribution < 1.29 is 39.8 Å². The van der Waals surface area contributed by atoms with Crippen LogP contribution < -0.4 is 25.1 Å². The Labute approximate surface area is 412 Å². The number of β-amino-alcohol motifs (C(OH)–C–C–N with tert-alkyl or cyclic N) is 1. The molecule has 7 atom stereocenters. The lowest BCUT2D eigenvalue weighted by molar-refractivity contribution is -0.127. The number of aromatic nitrogens is 1. The van der Waals surface area contributed by atoms with Gasteiger partial charge in [0.05, 0.1) is 24.2 Å². The fourth-order valence-electron chi connectivity index (χ4n) is 11.2. The van der Waals surface area contributed by atoms with Crippen molar-refractivity contribution in [1.29, 1.82) is 0 Å². The molecule has 0 radical (unpaired) electrons. The molecule has 1 aromatic heterocycles. The van der Waals surface area contributed by atoms with Gasteiger partial charge in [0.15, 0.2) is 23.0 Å². The number of aryl methyl sites for hydroxylation is 1. The number of ketones is 1. The molecule has 11 nitrogen and oxygen atoms in total. The fraction of sp³-hybridized carbons (Fsp3) is 0.375. The Morgan fingerprint density at radius 3 is 2.59 bits per heavy atom. The molecule has 0 fully saturated rings. The Balaban J connectivity index is 1.15. The quantitative estimate of drug-likeness (QED) is 0.0432. The molecule has 5 aromatic carbocycles. The van der Waals surface area contributed by atoms with Crippen LogP contribution in [0.2, 0.25) is 0 Å². The van der Waals surface area contributed by atoms with Gasteiger partial charge in [-0.15, -0.1) is 0 Å². The van der Waals surface area contributed by atoms with Crippen LogP contribution in [0.25, 0.3) is 10.8 Å². The van der Waals surface area contributed by atoms with Crippen molar-refractivity contribution in [2.45, 2.75) is 93.1 Å². The molecule has 1 aliphatic heterocycles. The van der Waals surface area contributed by atoms with Gasteiger partial charge < -0.3 is 45.3 Å². The molecule has 2 heterocycles. The van der Waals surface area contributed by atoms with E-state index in [1.807, 2.05) is 43.4 Å². The molecule has 0 saturated carbocycles. The highest BCUT2D eigenvalue weighted by Crippen LogP contribution is 2.56. The molecule has 2 aliphatic carbocycles. The van der Waals surface area contributed by atoms with Gasteiger partial charge in [0, 0.05) is 53.5 Å². The number of Topliss-reactive ketones (excluding diaryl/α,β-unsaturated/α-hetero) is 1. The van der Waals surface area contributed by atoms with Gasteiger partial charge in [-0.2, -0.15) is 12.4 Å². The topological polar surface area (TPSA) is 175 Å². The average molecular weight is 969 g/mol. The van der Waals surface area contributed by atoms with Gasteiger partial charge in [0.2, 0.25) is 0 Å². The zero-order valence-electron chi connectivity index (χ0n) is 39.6. The van der Waals surface area contributed by atoms with E-state index < -0.39 is 29.0 Å². The first-order chi connectivity index (χ1) is 33.3. The second-order valence-electron chi connectivity index (χ2n) is 19.2. The molecule has 13 heteroatoms.